The molecule has 1 fully saturated rings. The minimum absolute atomic E-state index is 0.101. The average molecular weight is 357 g/mol. The zero-order chi connectivity index (χ0) is 17.4. The highest BCUT2D eigenvalue weighted by molar-refractivity contribution is 7.17. The topological polar surface area (TPSA) is 28.5 Å². The first-order valence-corrected chi connectivity index (χ1v) is 9.42. The molecule has 4 rings (SSSR count). The van der Waals surface area contributed by atoms with Crippen molar-refractivity contribution in [2.75, 3.05) is 31.1 Å². The monoisotopic (exact) mass is 357 g/mol. The van der Waals surface area contributed by atoms with Crippen molar-refractivity contribution in [3.05, 3.63) is 53.3 Å². The Morgan fingerprint density at radius 2 is 1.84 bits per heavy atom. The van der Waals surface area contributed by atoms with Crippen LogP contribution in [0.15, 0.2) is 41.8 Å². The zero-order valence-corrected chi connectivity index (χ0v) is 14.9. The summed E-state index contributed by atoms with van der Waals surface area (Å²) in [4.78, 5) is 17.1. The van der Waals surface area contributed by atoms with Crippen LogP contribution in [-0.2, 0) is 6.54 Å². The fourth-order valence-corrected chi connectivity index (χ4v) is 4.30. The number of fused-ring (bicyclic) bond motifs is 1. The van der Waals surface area contributed by atoms with Crippen LogP contribution in [-0.4, -0.2) is 41.6 Å². The fourth-order valence-electron chi connectivity index (χ4n) is 3.48. The molecule has 0 N–H and O–H groups in total. The van der Waals surface area contributed by atoms with Gasteiger partial charge in [0.1, 0.15) is 11.5 Å². The van der Waals surface area contributed by atoms with Crippen molar-refractivity contribution in [2.24, 2.45) is 0 Å². The van der Waals surface area contributed by atoms with Crippen molar-refractivity contribution in [2.45, 2.75) is 13.5 Å². The number of halogens is 1. The van der Waals surface area contributed by atoms with Crippen molar-refractivity contribution < 1.29 is 9.18 Å². The molecule has 0 radical (unpaired) electrons. The Bertz CT molecular complexity index is 891. The lowest BCUT2D eigenvalue weighted by Gasteiger charge is -2.36. The third-order valence-corrected chi connectivity index (χ3v) is 5.67. The van der Waals surface area contributed by atoms with Gasteiger partial charge >= 0.3 is 0 Å². The van der Waals surface area contributed by atoms with E-state index in [0.29, 0.717) is 13.1 Å². The summed E-state index contributed by atoms with van der Waals surface area (Å²) in [6.45, 7) is 5.74. The number of hydrogen-bond acceptors (Lipinski definition) is 3. The standard InChI is InChI=1S/C19H20FN3OS/c1-2-23-16-7-12-25-18(16)13-17(23)19(24)22-10-8-21(9-11-22)15-5-3-14(20)4-6-15/h3-7,12-13H,2,8-11H2,1H3. The van der Waals surface area contributed by atoms with E-state index in [0.717, 1.165) is 41.2 Å². The van der Waals surface area contributed by atoms with Crippen LogP contribution in [0.3, 0.4) is 0 Å². The van der Waals surface area contributed by atoms with Gasteiger partial charge in [-0.05, 0) is 48.7 Å². The predicted molar refractivity (Wildman–Crippen MR) is 100 cm³/mol. The summed E-state index contributed by atoms with van der Waals surface area (Å²) in [6.07, 6.45) is 0. The molecule has 0 unspecified atom stereocenters. The highest BCUT2D eigenvalue weighted by Crippen LogP contribution is 2.26. The maximum atomic E-state index is 13.1. The molecule has 1 aliphatic rings. The number of amides is 1. The highest BCUT2D eigenvalue weighted by atomic mass is 32.1. The van der Waals surface area contributed by atoms with Crippen molar-refractivity contribution in [1.82, 2.24) is 9.47 Å². The Morgan fingerprint density at radius 3 is 2.52 bits per heavy atom. The molecule has 0 bridgehead atoms. The third-order valence-electron chi connectivity index (χ3n) is 4.82. The number of piperazine rings is 1. The fraction of sp³-hybridized carbons (Fsp3) is 0.316. The lowest BCUT2D eigenvalue weighted by atomic mass is 10.2. The van der Waals surface area contributed by atoms with Crippen molar-refractivity contribution >= 4 is 33.1 Å². The summed E-state index contributed by atoms with van der Waals surface area (Å²) >= 11 is 1.67. The van der Waals surface area contributed by atoms with E-state index in [1.807, 2.05) is 11.0 Å². The molecule has 130 valence electrons. The quantitative estimate of drug-likeness (QED) is 0.713. The van der Waals surface area contributed by atoms with Gasteiger partial charge in [-0.2, -0.15) is 0 Å². The SMILES string of the molecule is CCn1c(C(=O)N2CCN(c3ccc(F)cc3)CC2)cc2sccc21. The molecule has 0 saturated carbocycles. The molecule has 2 aromatic heterocycles. The maximum absolute atomic E-state index is 13.1. The Labute approximate surface area is 150 Å². The van der Waals surface area contributed by atoms with E-state index in [2.05, 4.69) is 27.8 Å². The normalized spacial score (nSPS) is 15.1. The van der Waals surface area contributed by atoms with E-state index in [-0.39, 0.29) is 11.7 Å². The van der Waals surface area contributed by atoms with Crippen LogP contribution >= 0.6 is 11.3 Å². The second-order valence-electron chi connectivity index (χ2n) is 6.20. The molecule has 4 nitrogen and oxygen atoms in total. The predicted octanol–water partition coefficient (Wildman–Crippen LogP) is 3.82. The van der Waals surface area contributed by atoms with Crippen LogP contribution in [0.25, 0.3) is 10.2 Å². The number of hydrogen-bond donors (Lipinski definition) is 0. The van der Waals surface area contributed by atoms with Crippen LogP contribution in [0.5, 0.6) is 0 Å². The summed E-state index contributed by atoms with van der Waals surface area (Å²) in [5.74, 6) is -0.123. The van der Waals surface area contributed by atoms with Gasteiger partial charge in [0.25, 0.3) is 5.91 Å². The molecule has 1 amide bonds. The second kappa shape index (κ2) is 6.52. The number of thiophene rings is 1. The minimum Gasteiger partial charge on any atom is -0.368 e. The van der Waals surface area contributed by atoms with Gasteiger partial charge < -0.3 is 14.4 Å². The van der Waals surface area contributed by atoms with Crippen LogP contribution in [0.4, 0.5) is 10.1 Å². The number of aryl methyl sites for hydroxylation is 1. The van der Waals surface area contributed by atoms with E-state index in [1.165, 1.54) is 12.1 Å². The minimum atomic E-state index is -0.224. The van der Waals surface area contributed by atoms with E-state index in [4.69, 9.17) is 0 Å². The highest BCUT2D eigenvalue weighted by Gasteiger charge is 2.25. The van der Waals surface area contributed by atoms with Gasteiger partial charge in [0.2, 0.25) is 0 Å². The van der Waals surface area contributed by atoms with Crippen LogP contribution < -0.4 is 4.90 Å². The number of aromatic nitrogens is 1. The number of carbonyl (C=O) groups excluding carboxylic acids is 1. The number of nitrogens with zero attached hydrogens (tertiary/aromatic N) is 3. The molecule has 25 heavy (non-hydrogen) atoms. The number of benzene rings is 1. The van der Waals surface area contributed by atoms with E-state index >= 15 is 0 Å². The molecule has 6 heteroatoms. The molecule has 0 aliphatic carbocycles. The molecular formula is C19H20FN3OS. The van der Waals surface area contributed by atoms with Crippen molar-refractivity contribution in [1.29, 1.82) is 0 Å². The van der Waals surface area contributed by atoms with Gasteiger partial charge in [0, 0.05) is 38.4 Å². The summed E-state index contributed by atoms with van der Waals surface area (Å²) < 4.78 is 16.3. The first-order chi connectivity index (χ1) is 12.2. The van der Waals surface area contributed by atoms with Gasteiger partial charge in [-0.1, -0.05) is 0 Å². The average Bonchev–Trinajstić information content (AvgIpc) is 3.22. The summed E-state index contributed by atoms with van der Waals surface area (Å²) in [5, 5.41) is 2.06. The largest absolute Gasteiger partial charge is 0.368 e. The van der Waals surface area contributed by atoms with Gasteiger partial charge in [0.15, 0.2) is 0 Å². The van der Waals surface area contributed by atoms with Crippen LogP contribution in [0.2, 0.25) is 0 Å². The first-order valence-electron chi connectivity index (χ1n) is 8.54. The number of carbonyl (C=O) groups is 1. The maximum Gasteiger partial charge on any atom is 0.270 e. The van der Waals surface area contributed by atoms with E-state index < -0.39 is 0 Å². The van der Waals surface area contributed by atoms with Gasteiger partial charge in [-0.3, -0.25) is 4.79 Å². The van der Waals surface area contributed by atoms with E-state index in [9.17, 15) is 9.18 Å². The molecule has 0 atom stereocenters. The number of anilines is 1. The second-order valence-corrected chi connectivity index (χ2v) is 7.15. The molecule has 1 aliphatic heterocycles. The lowest BCUT2D eigenvalue weighted by molar-refractivity contribution is 0.0736. The first kappa shape index (κ1) is 16.1. The molecule has 1 aromatic carbocycles. The Morgan fingerprint density at radius 1 is 1.12 bits per heavy atom. The van der Waals surface area contributed by atoms with Crippen molar-refractivity contribution in [3.63, 3.8) is 0 Å². The third kappa shape index (κ3) is 2.91. The van der Waals surface area contributed by atoms with Crippen LogP contribution in [0, 0.1) is 5.82 Å². The Hall–Kier alpha value is -2.34. The van der Waals surface area contributed by atoms with Crippen LogP contribution in [0.1, 0.15) is 17.4 Å². The van der Waals surface area contributed by atoms with Gasteiger partial charge in [-0.25, -0.2) is 4.39 Å². The molecule has 3 heterocycles. The molecule has 1 saturated heterocycles. The lowest BCUT2D eigenvalue weighted by Crippen LogP contribution is -2.49. The smallest absolute Gasteiger partial charge is 0.270 e. The van der Waals surface area contributed by atoms with Gasteiger partial charge in [-0.15, -0.1) is 11.3 Å². The summed E-state index contributed by atoms with van der Waals surface area (Å²) in [5.41, 5.74) is 2.92. The summed E-state index contributed by atoms with van der Waals surface area (Å²) in [7, 11) is 0. The zero-order valence-electron chi connectivity index (χ0n) is 14.1. The Kier molecular flexibility index (Phi) is 4.21. The molecule has 0 spiro atoms. The van der Waals surface area contributed by atoms with Crippen molar-refractivity contribution in [3.8, 4) is 0 Å². The van der Waals surface area contributed by atoms with Gasteiger partial charge in [0.05, 0.1) is 10.2 Å². The summed E-state index contributed by atoms with van der Waals surface area (Å²) in [6, 6.07) is 10.6. The molecule has 3 aromatic rings. The Balaban J connectivity index is 1.49. The number of rotatable bonds is 3. The van der Waals surface area contributed by atoms with E-state index in [1.54, 1.807) is 23.5 Å². The molecular weight excluding hydrogens is 337 g/mol.